The first kappa shape index (κ1) is 12.7. The standard InChI is InChI=1S/C16H14O4/c1-18-13-9-7-12(8-10-13)16(11-19-16)15(17)20-14-5-3-2-4-6-14/h2-10H,11H2,1H3. The number of hydrogen-bond acceptors (Lipinski definition) is 4. The highest BCUT2D eigenvalue weighted by Crippen LogP contribution is 2.40. The van der Waals surface area contributed by atoms with Crippen LogP contribution < -0.4 is 9.47 Å². The van der Waals surface area contributed by atoms with E-state index in [9.17, 15) is 4.79 Å². The van der Waals surface area contributed by atoms with Crippen molar-refractivity contribution in [2.75, 3.05) is 13.7 Å². The third kappa shape index (κ3) is 2.26. The zero-order chi connectivity index (χ0) is 14.0. The van der Waals surface area contributed by atoms with Crippen LogP contribution in [0.3, 0.4) is 0 Å². The highest BCUT2D eigenvalue weighted by atomic mass is 16.6. The van der Waals surface area contributed by atoms with Crippen molar-refractivity contribution in [3.8, 4) is 11.5 Å². The van der Waals surface area contributed by atoms with Crippen LogP contribution in [0.15, 0.2) is 54.6 Å². The molecular formula is C16H14O4. The first-order valence-electron chi connectivity index (χ1n) is 6.30. The lowest BCUT2D eigenvalue weighted by molar-refractivity contribution is -0.140. The molecule has 2 aromatic rings. The van der Waals surface area contributed by atoms with Crippen LogP contribution in [-0.2, 0) is 15.1 Å². The fourth-order valence-electron chi connectivity index (χ4n) is 2.01. The van der Waals surface area contributed by atoms with Crippen LogP contribution >= 0.6 is 0 Å². The SMILES string of the molecule is COc1ccc(C2(C(=O)Oc3ccccc3)CO2)cc1. The molecule has 0 saturated carbocycles. The summed E-state index contributed by atoms with van der Waals surface area (Å²) < 4.78 is 15.8. The first-order valence-corrected chi connectivity index (χ1v) is 6.30. The second-order valence-corrected chi connectivity index (χ2v) is 4.55. The summed E-state index contributed by atoms with van der Waals surface area (Å²) in [6.07, 6.45) is 0. The monoisotopic (exact) mass is 270 g/mol. The molecule has 1 unspecified atom stereocenters. The van der Waals surface area contributed by atoms with Crippen LogP contribution in [0.25, 0.3) is 0 Å². The minimum atomic E-state index is -0.970. The van der Waals surface area contributed by atoms with Crippen molar-refractivity contribution in [1.82, 2.24) is 0 Å². The molecule has 0 aliphatic carbocycles. The summed E-state index contributed by atoms with van der Waals surface area (Å²) in [7, 11) is 1.60. The van der Waals surface area contributed by atoms with E-state index in [4.69, 9.17) is 14.2 Å². The van der Waals surface area contributed by atoms with Crippen LogP contribution in [0, 0.1) is 0 Å². The molecule has 0 radical (unpaired) electrons. The molecule has 1 atom stereocenters. The molecule has 1 aliphatic heterocycles. The fourth-order valence-corrected chi connectivity index (χ4v) is 2.01. The molecule has 1 aliphatic rings. The summed E-state index contributed by atoms with van der Waals surface area (Å²) in [5.74, 6) is 0.857. The minimum absolute atomic E-state index is 0.338. The number of ether oxygens (including phenoxy) is 3. The van der Waals surface area contributed by atoms with E-state index in [1.54, 1.807) is 31.4 Å². The Kier molecular flexibility index (Phi) is 3.16. The van der Waals surface area contributed by atoms with E-state index in [1.165, 1.54) is 0 Å². The summed E-state index contributed by atoms with van der Waals surface area (Å²) in [6.45, 7) is 0.338. The molecule has 1 heterocycles. The van der Waals surface area contributed by atoms with Crippen LogP contribution in [0.5, 0.6) is 11.5 Å². The predicted molar refractivity (Wildman–Crippen MR) is 72.7 cm³/mol. The maximum Gasteiger partial charge on any atom is 0.350 e. The van der Waals surface area contributed by atoms with E-state index in [2.05, 4.69) is 0 Å². The molecule has 4 heteroatoms. The molecule has 0 N–H and O–H groups in total. The number of rotatable bonds is 4. The summed E-state index contributed by atoms with van der Waals surface area (Å²) in [5.41, 5.74) is -0.193. The number of benzene rings is 2. The highest BCUT2D eigenvalue weighted by molar-refractivity contribution is 5.86. The van der Waals surface area contributed by atoms with Crippen molar-refractivity contribution in [3.63, 3.8) is 0 Å². The largest absolute Gasteiger partial charge is 0.497 e. The molecule has 0 aromatic heterocycles. The van der Waals surface area contributed by atoms with Gasteiger partial charge >= 0.3 is 5.97 Å². The summed E-state index contributed by atoms with van der Waals surface area (Å²) >= 11 is 0. The Morgan fingerprint density at radius 1 is 1.05 bits per heavy atom. The van der Waals surface area contributed by atoms with Crippen LogP contribution in [0.4, 0.5) is 0 Å². The fraction of sp³-hybridized carbons (Fsp3) is 0.188. The van der Waals surface area contributed by atoms with Gasteiger partial charge in [-0.1, -0.05) is 30.3 Å². The quantitative estimate of drug-likeness (QED) is 0.486. The Morgan fingerprint density at radius 2 is 1.70 bits per heavy atom. The number of hydrogen-bond donors (Lipinski definition) is 0. The van der Waals surface area contributed by atoms with Gasteiger partial charge in [0.2, 0.25) is 5.60 Å². The van der Waals surface area contributed by atoms with Gasteiger partial charge in [0.15, 0.2) is 0 Å². The molecule has 0 bridgehead atoms. The van der Waals surface area contributed by atoms with E-state index in [-0.39, 0.29) is 0 Å². The van der Waals surface area contributed by atoms with Gasteiger partial charge in [-0.05, 0) is 29.8 Å². The van der Waals surface area contributed by atoms with E-state index in [0.29, 0.717) is 12.4 Å². The average Bonchev–Trinajstić information content (AvgIpc) is 3.30. The van der Waals surface area contributed by atoms with Crippen molar-refractivity contribution >= 4 is 5.97 Å². The van der Waals surface area contributed by atoms with E-state index < -0.39 is 11.6 Å². The Balaban J connectivity index is 1.79. The number of para-hydroxylation sites is 1. The number of methoxy groups -OCH3 is 1. The third-order valence-corrected chi connectivity index (χ3v) is 3.27. The topological polar surface area (TPSA) is 48.1 Å². The number of epoxide rings is 1. The number of carbonyl (C=O) groups excluding carboxylic acids is 1. The van der Waals surface area contributed by atoms with Crippen LogP contribution in [0.2, 0.25) is 0 Å². The van der Waals surface area contributed by atoms with Gasteiger partial charge in [0, 0.05) is 0 Å². The van der Waals surface area contributed by atoms with Crippen molar-refractivity contribution in [2.45, 2.75) is 5.60 Å². The Morgan fingerprint density at radius 3 is 2.25 bits per heavy atom. The van der Waals surface area contributed by atoms with Gasteiger partial charge in [-0.3, -0.25) is 0 Å². The van der Waals surface area contributed by atoms with Gasteiger partial charge in [0.25, 0.3) is 0 Å². The molecule has 4 nitrogen and oxygen atoms in total. The van der Waals surface area contributed by atoms with E-state index >= 15 is 0 Å². The number of carbonyl (C=O) groups is 1. The molecule has 1 saturated heterocycles. The van der Waals surface area contributed by atoms with Gasteiger partial charge in [-0.25, -0.2) is 4.79 Å². The third-order valence-electron chi connectivity index (χ3n) is 3.27. The van der Waals surface area contributed by atoms with Gasteiger partial charge in [-0.2, -0.15) is 0 Å². The summed E-state index contributed by atoms with van der Waals surface area (Å²) in [5, 5.41) is 0. The molecule has 0 spiro atoms. The van der Waals surface area contributed by atoms with Gasteiger partial charge in [0.05, 0.1) is 13.7 Å². The predicted octanol–water partition coefficient (Wildman–Crippen LogP) is 2.53. The zero-order valence-electron chi connectivity index (χ0n) is 11.0. The number of esters is 1. The van der Waals surface area contributed by atoms with Crippen molar-refractivity contribution in [2.24, 2.45) is 0 Å². The first-order chi connectivity index (χ1) is 9.74. The van der Waals surface area contributed by atoms with E-state index in [0.717, 1.165) is 11.3 Å². The molecule has 1 fully saturated rings. The normalized spacial score (nSPS) is 20.2. The van der Waals surface area contributed by atoms with Gasteiger partial charge < -0.3 is 14.2 Å². The van der Waals surface area contributed by atoms with Crippen molar-refractivity contribution < 1.29 is 19.0 Å². The molecule has 0 amide bonds. The average molecular weight is 270 g/mol. The van der Waals surface area contributed by atoms with Crippen molar-refractivity contribution in [1.29, 1.82) is 0 Å². The second kappa shape index (κ2) is 4.98. The summed E-state index contributed by atoms with van der Waals surface area (Å²) in [6, 6.07) is 16.2. The Bertz CT molecular complexity index is 600. The molecule has 3 rings (SSSR count). The van der Waals surface area contributed by atoms with Crippen molar-refractivity contribution in [3.05, 3.63) is 60.2 Å². The minimum Gasteiger partial charge on any atom is -0.497 e. The lowest BCUT2D eigenvalue weighted by Gasteiger charge is -2.12. The summed E-state index contributed by atoms with van der Waals surface area (Å²) in [4.78, 5) is 12.3. The zero-order valence-corrected chi connectivity index (χ0v) is 11.0. The second-order valence-electron chi connectivity index (χ2n) is 4.55. The van der Waals surface area contributed by atoms with Gasteiger partial charge in [-0.15, -0.1) is 0 Å². The Hall–Kier alpha value is -2.33. The highest BCUT2D eigenvalue weighted by Gasteiger charge is 2.55. The molecule has 2 aromatic carbocycles. The molecule has 102 valence electrons. The molecular weight excluding hydrogens is 256 g/mol. The van der Waals surface area contributed by atoms with E-state index in [1.807, 2.05) is 30.3 Å². The maximum absolute atomic E-state index is 12.3. The molecule has 20 heavy (non-hydrogen) atoms. The lowest BCUT2D eigenvalue weighted by atomic mass is 10.00. The maximum atomic E-state index is 12.3. The smallest absolute Gasteiger partial charge is 0.350 e. The van der Waals surface area contributed by atoms with Crippen LogP contribution in [-0.4, -0.2) is 19.7 Å². The Labute approximate surface area is 116 Å². The lowest BCUT2D eigenvalue weighted by Crippen LogP contribution is -2.27. The van der Waals surface area contributed by atoms with Crippen LogP contribution in [0.1, 0.15) is 5.56 Å². The van der Waals surface area contributed by atoms with Gasteiger partial charge in [0.1, 0.15) is 11.5 Å².